The Hall–Kier alpha value is -7.23. The summed E-state index contributed by atoms with van der Waals surface area (Å²) >= 11 is 0. The molecular formula is C71H82N3+3. The summed E-state index contributed by atoms with van der Waals surface area (Å²) in [4.78, 5) is 0. The molecule has 6 aromatic carbocycles. The first-order valence-electron chi connectivity index (χ1n) is 30.7. The van der Waals surface area contributed by atoms with E-state index in [1.807, 2.05) is 168 Å². The van der Waals surface area contributed by atoms with Gasteiger partial charge in [0, 0.05) is 65.3 Å². The molecule has 0 amide bonds. The van der Waals surface area contributed by atoms with E-state index in [1.165, 1.54) is 44.6 Å². The minimum absolute atomic E-state index is 0.336. The molecule has 3 nitrogen and oxygen atoms in total. The molecule has 3 aromatic heterocycles. The summed E-state index contributed by atoms with van der Waals surface area (Å²) in [7, 11) is 5.94. The van der Waals surface area contributed by atoms with Crippen molar-refractivity contribution in [3.8, 4) is 67.2 Å². The Labute approximate surface area is 460 Å². The van der Waals surface area contributed by atoms with Crippen LogP contribution in [0.1, 0.15) is 110 Å². The number of nitrogens with zero attached hydrogens (tertiary/aromatic N) is 3. The van der Waals surface area contributed by atoms with Crippen LogP contribution in [-0.4, -0.2) is 0 Å². The van der Waals surface area contributed by atoms with E-state index in [2.05, 4.69) is 94.0 Å². The first-order chi connectivity index (χ1) is 39.1. The van der Waals surface area contributed by atoms with Crippen LogP contribution in [0.5, 0.6) is 0 Å². The van der Waals surface area contributed by atoms with Crippen molar-refractivity contribution in [2.75, 3.05) is 0 Å². The van der Waals surface area contributed by atoms with Crippen LogP contribution >= 0.6 is 0 Å². The number of aromatic nitrogens is 3. The molecule has 0 spiro atoms. The van der Waals surface area contributed by atoms with Gasteiger partial charge in [0.1, 0.15) is 21.1 Å². The van der Waals surface area contributed by atoms with E-state index in [9.17, 15) is 0 Å². The first kappa shape index (κ1) is 42.2. The van der Waals surface area contributed by atoms with Crippen LogP contribution in [-0.2, 0) is 40.3 Å². The van der Waals surface area contributed by atoms with E-state index in [0.29, 0.717) is 33.4 Å². The smallest absolute Gasteiger partial charge is 0.201 e. The third kappa shape index (κ3) is 12.9. The zero-order valence-corrected chi connectivity index (χ0v) is 46.2. The Morgan fingerprint density at radius 3 is 1.15 bits per heavy atom. The first-order valence-corrected chi connectivity index (χ1v) is 25.7. The lowest BCUT2D eigenvalue weighted by molar-refractivity contribution is -0.661. The van der Waals surface area contributed by atoms with Crippen molar-refractivity contribution < 1.29 is 27.4 Å². The molecule has 378 valence electrons. The van der Waals surface area contributed by atoms with Gasteiger partial charge in [-0.3, -0.25) is 0 Å². The maximum atomic E-state index is 8.57. The fourth-order valence-electron chi connectivity index (χ4n) is 9.85. The standard InChI is InChI=1S/C25H30N.2C23H26N/c1-18-14-19(2)23(15-22(18)21-10-8-7-9-11-21)24-13-12-20(17-26(24)6)16-25(3,4)5;2*1-6-19-15-24(5)23(13-16(19)2)22-14-21(17(3)12-18(22)4)20-10-8-7-9-11-20/h7-15,17H,16H2,1-6H3;2*7-15H,6H2,1-5H3/q3*+1/i1D3,16D2;3D3,6D2;. The third-order valence-corrected chi connectivity index (χ3v) is 13.8. The molecular weight excluding hydrogens is 895 g/mol. The van der Waals surface area contributed by atoms with Gasteiger partial charge in [-0.1, -0.05) is 144 Å². The summed E-state index contributed by atoms with van der Waals surface area (Å²) in [5, 5.41) is 0. The minimum atomic E-state index is -2.22. The molecule has 0 unspecified atom stereocenters. The Balaban J connectivity index is 0.000000182. The quantitative estimate of drug-likeness (QED) is 0.128. The van der Waals surface area contributed by atoms with Crippen molar-refractivity contribution >= 4 is 0 Å². The number of aryl methyl sites for hydroxylation is 13. The molecule has 74 heavy (non-hydrogen) atoms. The number of hydrogen-bond donors (Lipinski definition) is 0. The lowest BCUT2D eigenvalue weighted by Crippen LogP contribution is -2.32. The van der Waals surface area contributed by atoms with Crippen molar-refractivity contribution in [2.24, 2.45) is 26.6 Å². The van der Waals surface area contributed by atoms with Crippen LogP contribution in [0.25, 0.3) is 67.2 Å². The average Bonchev–Trinajstić information content (AvgIpc) is 1.67. The van der Waals surface area contributed by atoms with Crippen LogP contribution < -0.4 is 13.7 Å². The lowest BCUT2D eigenvalue weighted by atomic mass is 9.88. The summed E-state index contributed by atoms with van der Waals surface area (Å²) in [6.07, 6.45) is 4.08. The zero-order chi connectivity index (χ0) is 62.0. The molecule has 9 rings (SSSR count). The molecule has 0 saturated carbocycles. The van der Waals surface area contributed by atoms with E-state index < -0.39 is 31.9 Å². The summed E-state index contributed by atoms with van der Waals surface area (Å²) in [6, 6.07) is 49.9. The molecule has 0 atom stereocenters. The fourth-order valence-corrected chi connectivity index (χ4v) is 9.85. The molecule has 0 saturated heterocycles. The van der Waals surface area contributed by atoms with Crippen molar-refractivity contribution in [3.05, 3.63) is 231 Å². The predicted octanol–water partition coefficient (Wildman–Crippen LogP) is 16.7. The topological polar surface area (TPSA) is 11.6 Å². The van der Waals surface area contributed by atoms with Crippen LogP contribution in [0.4, 0.5) is 0 Å². The Morgan fingerprint density at radius 2 is 0.757 bits per heavy atom. The second kappa shape index (κ2) is 23.8. The van der Waals surface area contributed by atoms with Gasteiger partial charge in [0.2, 0.25) is 17.1 Å². The Kier molecular flexibility index (Phi) is 13.5. The highest BCUT2D eigenvalue weighted by atomic mass is 14.9. The molecule has 0 aliphatic carbocycles. The van der Waals surface area contributed by atoms with Crippen molar-refractivity contribution in [1.82, 2.24) is 0 Å². The molecule has 0 N–H and O–H groups in total. The highest BCUT2D eigenvalue weighted by Gasteiger charge is 2.21. The maximum Gasteiger partial charge on any atom is 0.212 e. The normalized spacial score (nSPS) is 13.9. The third-order valence-electron chi connectivity index (χ3n) is 13.8. The number of benzene rings is 6. The highest BCUT2D eigenvalue weighted by Crippen LogP contribution is 2.35. The molecule has 0 aliphatic rings. The largest absolute Gasteiger partial charge is 0.212 e. The lowest BCUT2D eigenvalue weighted by Gasteiger charge is -2.17. The number of hydrogen-bond acceptors (Lipinski definition) is 0. The monoisotopic (exact) mass is 987 g/mol. The zero-order valence-electron chi connectivity index (χ0n) is 56.2. The van der Waals surface area contributed by atoms with Crippen molar-refractivity contribution in [1.29, 1.82) is 0 Å². The maximum absolute atomic E-state index is 8.57. The van der Waals surface area contributed by atoms with Gasteiger partial charge < -0.3 is 0 Å². The molecule has 0 bridgehead atoms. The minimum Gasteiger partial charge on any atom is -0.201 e. The molecule has 0 radical (unpaired) electrons. The van der Waals surface area contributed by atoms with E-state index in [4.69, 9.17) is 13.7 Å². The second-order valence-electron chi connectivity index (χ2n) is 20.7. The van der Waals surface area contributed by atoms with Gasteiger partial charge in [0.25, 0.3) is 0 Å². The van der Waals surface area contributed by atoms with Crippen LogP contribution in [0.2, 0.25) is 0 Å². The van der Waals surface area contributed by atoms with Crippen LogP contribution in [0.3, 0.4) is 0 Å². The van der Waals surface area contributed by atoms with Gasteiger partial charge in [-0.15, -0.1) is 0 Å². The van der Waals surface area contributed by atoms with Gasteiger partial charge in [0.05, 0.1) is 0 Å². The van der Waals surface area contributed by atoms with Gasteiger partial charge in [-0.2, -0.15) is 0 Å². The van der Waals surface area contributed by atoms with E-state index >= 15 is 0 Å². The second-order valence-corrected chi connectivity index (χ2v) is 20.7. The van der Waals surface area contributed by atoms with E-state index in [-0.39, 0.29) is 0 Å². The average molecular weight is 988 g/mol. The van der Waals surface area contributed by atoms with Crippen molar-refractivity contribution in [3.63, 3.8) is 0 Å². The summed E-state index contributed by atoms with van der Waals surface area (Å²) in [6.45, 7) is 17.4. The Bertz CT molecular complexity index is 3820. The summed E-state index contributed by atoms with van der Waals surface area (Å²) < 4.78 is 87.4. The van der Waals surface area contributed by atoms with E-state index in [1.54, 1.807) is 19.1 Å². The van der Waals surface area contributed by atoms with Crippen molar-refractivity contribution in [2.45, 2.75) is 109 Å². The van der Waals surface area contributed by atoms with Gasteiger partial charge in [-0.05, 0) is 182 Å². The van der Waals surface area contributed by atoms with Gasteiger partial charge in [0.15, 0.2) is 18.6 Å². The van der Waals surface area contributed by atoms with E-state index in [0.717, 1.165) is 56.8 Å². The predicted molar refractivity (Wildman–Crippen MR) is 315 cm³/mol. The summed E-state index contributed by atoms with van der Waals surface area (Å²) in [5.74, 6) is 0. The molecule has 3 heteroatoms. The van der Waals surface area contributed by atoms with Crippen LogP contribution in [0.15, 0.2) is 170 Å². The van der Waals surface area contributed by atoms with Gasteiger partial charge >= 0.3 is 0 Å². The van der Waals surface area contributed by atoms with Gasteiger partial charge in [-0.25, -0.2) is 13.7 Å². The summed E-state index contributed by atoms with van der Waals surface area (Å²) in [5.41, 5.74) is 21.4. The van der Waals surface area contributed by atoms with Crippen LogP contribution in [0, 0.1) is 60.7 Å². The fraction of sp³-hybridized carbons (Fsp3) is 0.282. The molecule has 3 heterocycles. The molecule has 9 aromatic rings. The number of rotatable bonds is 9. The Morgan fingerprint density at radius 1 is 0.392 bits per heavy atom. The SMILES string of the molecule is CCc1c[n+](C)c(-c2cc(-c3ccccc3)c(C)cc2C)cc1C.[2H]C([2H])([2H])c1cc(C)c(-c2cc(C)c(C([2H])([2H])C)c[n+]2C)cc1-c1ccccc1.[2H]C([2H])([2H])c1cc(C)c(-c2ccc(C([2H])([2H])C(C)(C)C)c[n+]2C)cc1-c1ccccc1. The highest BCUT2D eigenvalue weighted by molar-refractivity contribution is 5.78. The molecule has 0 fully saturated rings. The number of pyridine rings is 3. The molecule has 0 aliphatic heterocycles.